The lowest BCUT2D eigenvalue weighted by atomic mass is 10.1. The van der Waals surface area contributed by atoms with E-state index >= 15 is 0 Å². The number of carbonyl (C=O) groups is 1. The lowest BCUT2D eigenvalue weighted by Gasteiger charge is -2.22. The fourth-order valence-corrected chi connectivity index (χ4v) is 1.55. The molecule has 0 heterocycles. The second-order valence-electron chi connectivity index (χ2n) is 3.81. The first kappa shape index (κ1) is 12.3. The molecule has 1 rings (SSSR count). The molecule has 0 amide bonds. The van der Waals surface area contributed by atoms with Crippen LogP contribution in [0.1, 0.15) is 17.3 Å². The monoisotopic (exact) mass is 224 g/mol. The van der Waals surface area contributed by atoms with Crippen LogP contribution in [-0.2, 0) is 0 Å². The molecule has 1 aromatic carbocycles. The van der Waals surface area contributed by atoms with Crippen LogP contribution in [0.5, 0.6) is 0 Å². The van der Waals surface area contributed by atoms with Gasteiger partial charge in [-0.3, -0.25) is 0 Å². The van der Waals surface area contributed by atoms with Gasteiger partial charge in [-0.05, 0) is 25.1 Å². The van der Waals surface area contributed by atoms with E-state index in [9.17, 15) is 9.90 Å². The van der Waals surface area contributed by atoms with Crippen LogP contribution in [0.2, 0.25) is 0 Å². The Bertz CT molecular complexity index is 391. The number of nitrogens with zero attached hydrogens (tertiary/aromatic N) is 1. The molecule has 1 unspecified atom stereocenters. The molecule has 0 spiro atoms. The summed E-state index contributed by atoms with van der Waals surface area (Å²) in [6.45, 7) is 2.01. The topological polar surface area (TPSA) is 86.8 Å². The van der Waals surface area contributed by atoms with Gasteiger partial charge in [0.25, 0.3) is 0 Å². The molecule has 0 aliphatic carbocycles. The fraction of sp³-hybridized carbons (Fsp3) is 0.364. The van der Waals surface area contributed by atoms with E-state index in [2.05, 4.69) is 0 Å². The van der Waals surface area contributed by atoms with E-state index in [0.29, 0.717) is 17.9 Å². The van der Waals surface area contributed by atoms with Gasteiger partial charge in [-0.1, -0.05) is 0 Å². The maximum Gasteiger partial charge on any atom is 0.337 e. The zero-order chi connectivity index (χ0) is 12.3. The SMILES string of the molecule is CC(O)CN(C)c1ccc(N)cc1C(=O)O. The summed E-state index contributed by atoms with van der Waals surface area (Å²) >= 11 is 0. The minimum atomic E-state index is -1.03. The number of carboxylic acid groups (broad SMARTS) is 1. The molecule has 1 atom stereocenters. The average Bonchev–Trinajstić information content (AvgIpc) is 2.16. The summed E-state index contributed by atoms with van der Waals surface area (Å²) in [6, 6.07) is 4.69. The van der Waals surface area contributed by atoms with Gasteiger partial charge in [-0.25, -0.2) is 4.79 Å². The molecular formula is C11H16N2O3. The smallest absolute Gasteiger partial charge is 0.337 e. The summed E-state index contributed by atoms with van der Waals surface area (Å²) in [5.74, 6) is -1.03. The second-order valence-corrected chi connectivity index (χ2v) is 3.81. The fourth-order valence-electron chi connectivity index (χ4n) is 1.55. The maximum absolute atomic E-state index is 11.0. The summed E-state index contributed by atoms with van der Waals surface area (Å²) in [7, 11) is 1.73. The highest BCUT2D eigenvalue weighted by Gasteiger charge is 2.14. The molecule has 88 valence electrons. The molecule has 0 aliphatic heterocycles. The van der Waals surface area contributed by atoms with Crippen molar-refractivity contribution in [2.45, 2.75) is 13.0 Å². The van der Waals surface area contributed by atoms with E-state index in [1.807, 2.05) is 0 Å². The normalized spacial score (nSPS) is 12.2. The van der Waals surface area contributed by atoms with Gasteiger partial charge < -0.3 is 20.8 Å². The average molecular weight is 224 g/mol. The third kappa shape index (κ3) is 2.87. The Kier molecular flexibility index (Phi) is 3.73. The van der Waals surface area contributed by atoms with Crippen molar-refractivity contribution in [1.29, 1.82) is 0 Å². The molecule has 5 heteroatoms. The summed E-state index contributed by atoms with van der Waals surface area (Å²) < 4.78 is 0. The largest absolute Gasteiger partial charge is 0.478 e. The van der Waals surface area contributed by atoms with Crippen LogP contribution in [0.3, 0.4) is 0 Å². The molecule has 5 nitrogen and oxygen atoms in total. The number of nitrogen functional groups attached to an aromatic ring is 1. The Morgan fingerprint density at radius 3 is 2.69 bits per heavy atom. The number of nitrogens with two attached hydrogens (primary N) is 1. The zero-order valence-electron chi connectivity index (χ0n) is 9.34. The Balaban J connectivity index is 3.07. The molecule has 0 bridgehead atoms. The summed E-state index contributed by atoms with van der Waals surface area (Å²) in [6.07, 6.45) is -0.524. The highest BCUT2D eigenvalue weighted by atomic mass is 16.4. The number of hydrogen-bond donors (Lipinski definition) is 3. The minimum Gasteiger partial charge on any atom is -0.478 e. The first-order valence-electron chi connectivity index (χ1n) is 4.94. The molecule has 0 fully saturated rings. The van der Waals surface area contributed by atoms with Crippen LogP contribution in [0.15, 0.2) is 18.2 Å². The number of carboxylic acids is 1. The first-order chi connectivity index (χ1) is 7.41. The zero-order valence-corrected chi connectivity index (χ0v) is 9.34. The quantitative estimate of drug-likeness (QED) is 0.658. The number of likely N-dealkylation sites (N-methyl/N-ethyl adjacent to an activating group) is 1. The number of aromatic carboxylic acids is 1. The van der Waals surface area contributed by atoms with Crippen LogP contribution in [-0.4, -0.2) is 35.9 Å². The lowest BCUT2D eigenvalue weighted by molar-refractivity contribution is 0.0697. The van der Waals surface area contributed by atoms with Crippen LogP contribution in [0, 0.1) is 0 Å². The number of aliphatic hydroxyl groups is 1. The summed E-state index contributed by atoms with van der Waals surface area (Å²) in [4.78, 5) is 12.7. The number of anilines is 2. The Hall–Kier alpha value is -1.75. The van der Waals surface area contributed by atoms with Crippen LogP contribution in [0.25, 0.3) is 0 Å². The van der Waals surface area contributed by atoms with Gasteiger partial charge >= 0.3 is 5.97 Å². The van der Waals surface area contributed by atoms with Crippen LogP contribution < -0.4 is 10.6 Å². The summed E-state index contributed by atoms with van der Waals surface area (Å²) in [5, 5.41) is 18.3. The summed E-state index contributed by atoms with van der Waals surface area (Å²) in [5.41, 5.74) is 6.63. The van der Waals surface area contributed by atoms with E-state index in [0.717, 1.165) is 0 Å². The molecule has 1 aromatic rings. The van der Waals surface area contributed by atoms with Crippen molar-refractivity contribution in [3.05, 3.63) is 23.8 Å². The van der Waals surface area contributed by atoms with Crippen molar-refractivity contribution < 1.29 is 15.0 Å². The Morgan fingerprint density at radius 1 is 1.56 bits per heavy atom. The minimum absolute atomic E-state index is 0.142. The van der Waals surface area contributed by atoms with Gasteiger partial charge in [0.05, 0.1) is 17.4 Å². The number of benzene rings is 1. The van der Waals surface area contributed by atoms with E-state index in [1.165, 1.54) is 6.07 Å². The number of hydrogen-bond acceptors (Lipinski definition) is 4. The van der Waals surface area contributed by atoms with Crippen molar-refractivity contribution in [2.75, 3.05) is 24.2 Å². The van der Waals surface area contributed by atoms with Crippen molar-refractivity contribution in [3.8, 4) is 0 Å². The standard InChI is InChI=1S/C11H16N2O3/c1-7(14)6-13(2)10-4-3-8(12)5-9(10)11(15)16/h3-5,7,14H,6,12H2,1-2H3,(H,15,16). The number of rotatable bonds is 4. The molecule has 0 saturated carbocycles. The van der Waals surface area contributed by atoms with Crippen molar-refractivity contribution in [2.24, 2.45) is 0 Å². The molecular weight excluding hydrogens is 208 g/mol. The predicted octanol–water partition coefficient (Wildman–Crippen LogP) is 0.784. The van der Waals surface area contributed by atoms with E-state index in [4.69, 9.17) is 10.8 Å². The lowest BCUT2D eigenvalue weighted by Crippen LogP contribution is -2.28. The van der Waals surface area contributed by atoms with E-state index in [1.54, 1.807) is 31.0 Å². The molecule has 0 aromatic heterocycles. The van der Waals surface area contributed by atoms with Gasteiger partial charge in [-0.2, -0.15) is 0 Å². The highest BCUT2D eigenvalue weighted by Crippen LogP contribution is 2.22. The van der Waals surface area contributed by atoms with Gasteiger partial charge in [0.2, 0.25) is 0 Å². The van der Waals surface area contributed by atoms with Crippen molar-refractivity contribution in [1.82, 2.24) is 0 Å². The molecule has 16 heavy (non-hydrogen) atoms. The van der Waals surface area contributed by atoms with Crippen molar-refractivity contribution >= 4 is 17.3 Å². The molecule has 4 N–H and O–H groups in total. The van der Waals surface area contributed by atoms with Crippen molar-refractivity contribution in [3.63, 3.8) is 0 Å². The van der Waals surface area contributed by atoms with Gasteiger partial charge in [0.15, 0.2) is 0 Å². The predicted molar refractivity (Wildman–Crippen MR) is 62.8 cm³/mol. The van der Waals surface area contributed by atoms with Gasteiger partial charge in [0.1, 0.15) is 0 Å². The Morgan fingerprint density at radius 2 is 2.19 bits per heavy atom. The third-order valence-corrected chi connectivity index (χ3v) is 2.20. The molecule has 0 aliphatic rings. The third-order valence-electron chi connectivity index (χ3n) is 2.20. The maximum atomic E-state index is 11.0. The highest BCUT2D eigenvalue weighted by molar-refractivity contribution is 5.95. The Labute approximate surface area is 94.1 Å². The molecule has 0 radical (unpaired) electrons. The first-order valence-corrected chi connectivity index (χ1v) is 4.94. The molecule has 0 saturated heterocycles. The van der Waals surface area contributed by atoms with E-state index in [-0.39, 0.29) is 5.56 Å². The second kappa shape index (κ2) is 4.85. The van der Waals surface area contributed by atoms with Gasteiger partial charge in [-0.15, -0.1) is 0 Å². The van der Waals surface area contributed by atoms with Crippen LogP contribution in [0.4, 0.5) is 11.4 Å². The van der Waals surface area contributed by atoms with Crippen LogP contribution >= 0.6 is 0 Å². The number of aliphatic hydroxyl groups excluding tert-OH is 1. The van der Waals surface area contributed by atoms with Gasteiger partial charge in [0, 0.05) is 19.3 Å². The van der Waals surface area contributed by atoms with E-state index < -0.39 is 12.1 Å².